The molecule has 0 bridgehead atoms. The van der Waals surface area contributed by atoms with Crippen LogP contribution in [0.25, 0.3) is 5.57 Å². The number of ether oxygens (including phenoxy) is 1. The van der Waals surface area contributed by atoms with Crippen LogP contribution in [0.1, 0.15) is 32.9 Å². The third-order valence-electron chi connectivity index (χ3n) is 5.24. The third-order valence-corrected chi connectivity index (χ3v) is 6.81. The number of allylic oxidation sites excluding steroid dienone is 2. The minimum Gasteiger partial charge on any atom is -0.496 e. The fraction of sp³-hybridized carbons (Fsp3) is 0.167. The second kappa shape index (κ2) is 10.2. The summed E-state index contributed by atoms with van der Waals surface area (Å²) in [6.45, 7) is 6.58. The highest BCUT2D eigenvalue weighted by Crippen LogP contribution is 2.35. The van der Waals surface area contributed by atoms with Crippen molar-refractivity contribution in [2.24, 2.45) is 0 Å². The van der Waals surface area contributed by atoms with Gasteiger partial charge in [-0.05, 0) is 49.8 Å². The van der Waals surface area contributed by atoms with Crippen LogP contribution < -0.4 is 4.72 Å². The first-order valence-corrected chi connectivity index (χ1v) is 12.1. The lowest BCUT2D eigenvalue weighted by molar-refractivity contribution is -0.138. The number of pyridine rings is 1. The number of aromatic nitrogens is 2. The quantitative estimate of drug-likeness (QED) is 0.160. The molecule has 36 heavy (non-hydrogen) atoms. The summed E-state index contributed by atoms with van der Waals surface area (Å²) in [5.74, 6) is -0.634. The number of aromatic amines is 1. The topological polar surface area (TPSA) is 101 Å². The molecule has 0 saturated heterocycles. The largest absolute Gasteiger partial charge is 0.496 e. The number of nitrogens with zero attached hydrogens (tertiary/aromatic N) is 1. The average Bonchev–Trinajstić information content (AvgIpc) is 3.21. The molecular weight excluding hydrogens is 519 g/mol. The number of anilines is 1. The van der Waals surface area contributed by atoms with Crippen molar-refractivity contribution in [1.82, 2.24) is 9.97 Å². The zero-order valence-electron chi connectivity index (χ0n) is 19.3. The van der Waals surface area contributed by atoms with Crippen LogP contribution in [0.2, 0.25) is 5.02 Å². The number of ketones is 1. The predicted molar refractivity (Wildman–Crippen MR) is 130 cm³/mol. The molecule has 12 heteroatoms. The van der Waals surface area contributed by atoms with Crippen LogP contribution in [0.4, 0.5) is 18.9 Å². The van der Waals surface area contributed by atoms with Gasteiger partial charge in [-0.15, -0.1) is 0 Å². The van der Waals surface area contributed by atoms with Gasteiger partial charge in [0.15, 0.2) is 0 Å². The average molecular weight is 540 g/mol. The summed E-state index contributed by atoms with van der Waals surface area (Å²) >= 11 is 6.01. The number of hydrogen-bond acceptors (Lipinski definition) is 5. The van der Waals surface area contributed by atoms with Crippen LogP contribution in [-0.4, -0.2) is 31.3 Å². The Kier molecular flexibility index (Phi) is 7.65. The minimum atomic E-state index is -4.76. The lowest BCUT2D eigenvalue weighted by Crippen LogP contribution is -2.19. The number of alkyl halides is 3. The van der Waals surface area contributed by atoms with Crippen molar-refractivity contribution in [3.63, 3.8) is 0 Å². The predicted octanol–water partition coefficient (Wildman–Crippen LogP) is 5.93. The van der Waals surface area contributed by atoms with E-state index in [-0.39, 0.29) is 33.3 Å². The van der Waals surface area contributed by atoms with Gasteiger partial charge in [0.1, 0.15) is 11.5 Å². The maximum atomic E-state index is 13.7. The van der Waals surface area contributed by atoms with E-state index in [1.807, 2.05) is 0 Å². The van der Waals surface area contributed by atoms with E-state index in [0.717, 1.165) is 24.4 Å². The van der Waals surface area contributed by atoms with Crippen molar-refractivity contribution in [3.05, 3.63) is 94.2 Å². The Labute approximate surface area is 210 Å². The highest BCUT2D eigenvalue weighted by Gasteiger charge is 2.34. The lowest BCUT2D eigenvalue weighted by atomic mass is 9.97. The van der Waals surface area contributed by atoms with Crippen molar-refractivity contribution < 1.29 is 31.1 Å². The first-order valence-electron chi connectivity index (χ1n) is 10.3. The first kappa shape index (κ1) is 27.0. The zero-order chi connectivity index (χ0) is 26.8. The van der Waals surface area contributed by atoms with E-state index >= 15 is 0 Å². The molecule has 0 radical (unpaired) electrons. The Balaban J connectivity index is 2.15. The summed E-state index contributed by atoms with van der Waals surface area (Å²) < 4.78 is 73.6. The maximum Gasteiger partial charge on any atom is 0.416 e. The van der Waals surface area contributed by atoms with Gasteiger partial charge in [-0.3, -0.25) is 9.52 Å². The van der Waals surface area contributed by atoms with Gasteiger partial charge in [-0.1, -0.05) is 24.2 Å². The molecule has 0 aliphatic heterocycles. The molecule has 2 heterocycles. The molecule has 2 N–H and O–H groups in total. The van der Waals surface area contributed by atoms with E-state index in [4.69, 9.17) is 16.3 Å². The molecule has 7 nitrogen and oxygen atoms in total. The Bertz CT molecular complexity index is 1480. The highest BCUT2D eigenvalue weighted by atomic mass is 35.5. The number of nitrogens with one attached hydrogen (secondary N) is 2. The molecule has 0 spiro atoms. The number of hydrogen-bond donors (Lipinski definition) is 2. The van der Waals surface area contributed by atoms with E-state index < -0.39 is 32.4 Å². The molecule has 0 fully saturated rings. The third kappa shape index (κ3) is 5.47. The Hall–Kier alpha value is -3.57. The zero-order valence-corrected chi connectivity index (χ0v) is 20.9. The van der Waals surface area contributed by atoms with Crippen LogP contribution in [0, 0.1) is 13.8 Å². The molecule has 3 aromatic rings. The normalized spacial score (nSPS) is 12.6. The summed E-state index contributed by atoms with van der Waals surface area (Å²) in [5.41, 5.74) is -0.813. The Morgan fingerprint density at radius 2 is 1.92 bits per heavy atom. The molecule has 0 aliphatic carbocycles. The molecule has 0 unspecified atom stereocenters. The summed E-state index contributed by atoms with van der Waals surface area (Å²) in [6, 6.07) is 5.36. The van der Waals surface area contributed by atoms with Crippen LogP contribution in [0.15, 0.2) is 66.0 Å². The molecule has 3 rings (SSSR count). The van der Waals surface area contributed by atoms with Gasteiger partial charge in [0.05, 0.1) is 33.9 Å². The number of sulfonamides is 1. The molecular formula is C24H21ClF3N3O4S. The van der Waals surface area contributed by atoms with E-state index in [1.54, 1.807) is 19.2 Å². The molecule has 0 saturated carbocycles. The fourth-order valence-corrected chi connectivity index (χ4v) is 4.71. The van der Waals surface area contributed by atoms with Gasteiger partial charge in [0.25, 0.3) is 10.0 Å². The van der Waals surface area contributed by atoms with Crippen molar-refractivity contribution >= 4 is 38.7 Å². The van der Waals surface area contributed by atoms with Crippen LogP contribution >= 0.6 is 11.6 Å². The lowest BCUT2D eigenvalue weighted by Gasteiger charge is -2.16. The van der Waals surface area contributed by atoms with Gasteiger partial charge in [0, 0.05) is 23.7 Å². The highest BCUT2D eigenvalue weighted by molar-refractivity contribution is 7.92. The molecule has 2 aromatic heterocycles. The fourth-order valence-electron chi connectivity index (χ4n) is 3.47. The van der Waals surface area contributed by atoms with Gasteiger partial charge in [-0.25, -0.2) is 13.4 Å². The van der Waals surface area contributed by atoms with Crippen molar-refractivity contribution in [2.75, 3.05) is 11.8 Å². The van der Waals surface area contributed by atoms with Crippen molar-refractivity contribution in [3.8, 4) is 0 Å². The van der Waals surface area contributed by atoms with E-state index in [1.165, 1.54) is 20.1 Å². The summed E-state index contributed by atoms with van der Waals surface area (Å²) in [5, 5.41) is -0.0109. The molecule has 0 amide bonds. The molecule has 190 valence electrons. The smallest absolute Gasteiger partial charge is 0.416 e. The second-order valence-corrected chi connectivity index (χ2v) is 9.74. The number of H-pyrrole nitrogens is 1. The van der Waals surface area contributed by atoms with Gasteiger partial charge in [0.2, 0.25) is 5.78 Å². The summed E-state index contributed by atoms with van der Waals surface area (Å²) in [4.78, 5) is 20.0. The number of halogens is 4. The minimum absolute atomic E-state index is 0.0109. The molecule has 0 aliphatic rings. The number of rotatable bonds is 8. The summed E-state index contributed by atoms with van der Waals surface area (Å²) in [6.07, 6.45) is -0.709. The number of Topliss-reactive ketones (excluding diaryl/α,β-unsaturated/α-hetero) is 1. The van der Waals surface area contributed by atoms with Gasteiger partial charge in [-0.2, -0.15) is 13.2 Å². The number of aryl methyl sites for hydroxylation is 2. The van der Waals surface area contributed by atoms with Crippen LogP contribution in [0.3, 0.4) is 0 Å². The van der Waals surface area contributed by atoms with Crippen LogP contribution in [-0.2, 0) is 20.9 Å². The van der Waals surface area contributed by atoms with E-state index in [9.17, 15) is 26.4 Å². The second-order valence-electron chi connectivity index (χ2n) is 7.62. The monoisotopic (exact) mass is 539 g/mol. The number of carbonyl (C=O) groups is 1. The maximum absolute atomic E-state index is 13.7. The first-order chi connectivity index (χ1) is 16.8. The number of benzene rings is 1. The van der Waals surface area contributed by atoms with Crippen molar-refractivity contribution in [1.29, 1.82) is 0 Å². The van der Waals surface area contributed by atoms with E-state index in [0.29, 0.717) is 17.3 Å². The molecule has 0 atom stereocenters. The van der Waals surface area contributed by atoms with Gasteiger partial charge >= 0.3 is 6.18 Å². The molecule has 1 aromatic carbocycles. The van der Waals surface area contributed by atoms with Crippen molar-refractivity contribution in [2.45, 2.75) is 24.9 Å². The van der Waals surface area contributed by atoms with E-state index in [2.05, 4.69) is 21.3 Å². The van der Waals surface area contributed by atoms with Crippen LogP contribution in [0.5, 0.6) is 0 Å². The van der Waals surface area contributed by atoms with Gasteiger partial charge < -0.3 is 9.72 Å². The SMILES string of the molecule is C=C/C(OC)=C(/C(=O)c1ncc(Cl)cc1NS(=O)(=O)c1ccc(C)c(C(F)(F)F)c1)c1cc[nH]c1C. The number of methoxy groups -OCH3 is 1. The number of carbonyl (C=O) groups excluding carboxylic acids is 1. The Morgan fingerprint density at radius 1 is 1.22 bits per heavy atom. The Morgan fingerprint density at radius 3 is 2.47 bits per heavy atom. The summed E-state index contributed by atoms with van der Waals surface area (Å²) in [7, 11) is -3.25. The standard InChI is InChI=1S/C24H21ClF3N3O4S/c1-5-20(35-4)21(17-8-9-29-14(17)3)23(32)22-19(10-15(25)12-30-22)31-36(33,34)16-7-6-13(2)18(11-16)24(26,27)28/h5-12,29,31H,1H2,2-4H3/b21-20-.